The first-order valence-electron chi connectivity index (χ1n) is 8.59. The summed E-state index contributed by atoms with van der Waals surface area (Å²) >= 11 is 14.6. The molecular formula is C19H20Cl2N4O3S. The fourth-order valence-electron chi connectivity index (χ4n) is 2.87. The minimum atomic E-state index is -0.0289. The van der Waals surface area contributed by atoms with Crippen molar-refractivity contribution in [1.82, 2.24) is 15.0 Å². The highest BCUT2D eigenvalue weighted by Gasteiger charge is 2.22. The van der Waals surface area contributed by atoms with Crippen LogP contribution >= 0.6 is 35.0 Å². The quantitative estimate of drug-likeness (QED) is 0.420. The molecule has 7 nitrogen and oxygen atoms in total. The van der Waals surface area contributed by atoms with E-state index in [1.165, 1.54) is 26.0 Å². The smallest absolute Gasteiger partial charge is 0.187 e. The molecular weight excluding hydrogens is 435 g/mol. The number of pyridine rings is 1. The molecule has 0 saturated heterocycles. The van der Waals surface area contributed by atoms with E-state index in [9.17, 15) is 5.11 Å². The molecule has 0 bridgehead atoms. The first kappa shape index (κ1) is 21.7. The van der Waals surface area contributed by atoms with Gasteiger partial charge >= 0.3 is 0 Å². The van der Waals surface area contributed by atoms with Gasteiger partial charge in [-0.05, 0) is 12.3 Å². The molecule has 0 aliphatic rings. The fourth-order valence-corrected chi connectivity index (χ4v) is 3.90. The monoisotopic (exact) mass is 454 g/mol. The number of aromatic nitrogens is 3. The average molecular weight is 455 g/mol. The number of anilines is 1. The maximum atomic E-state index is 9.40. The van der Waals surface area contributed by atoms with Crippen molar-refractivity contribution in [3.63, 3.8) is 0 Å². The molecule has 10 heteroatoms. The summed E-state index contributed by atoms with van der Waals surface area (Å²) < 4.78 is 10.7. The SMILES string of the molecule is COc1cc(OC)c(Cl)c(-c2cc3cnc(SC)nc3c(N(C)CCO)n2)c1Cl. The van der Waals surface area contributed by atoms with E-state index in [1.807, 2.05) is 24.3 Å². The Hall–Kier alpha value is -2.00. The van der Waals surface area contributed by atoms with Gasteiger partial charge in [0.2, 0.25) is 0 Å². The molecule has 0 saturated carbocycles. The van der Waals surface area contributed by atoms with Crippen molar-refractivity contribution in [1.29, 1.82) is 0 Å². The van der Waals surface area contributed by atoms with Gasteiger partial charge in [-0.2, -0.15) is 0 Å². The third-order valence-electron chi connectivity index (χ3n) is 4.33. The van der Waals surface area contributed by atoms with Crippen molar-refractivity contribution in [2.75, 3.05) is 45.6 Å². The van der Waals surface area contributed by atoms with E-state index in [-0.39, 0.29) is 6.61 Å². The Balaban J connectivity index is 2.34. The highest BCUT2D eigenvalue weighted by molar-refractivity contribution is 7.98. The maximum Gasteiger partial charge on any atom is 0.187 e. The predicted octanol–water partition coefficient (Wildman–Crippen LogP) is 4.17. The number of aliphatic hydroxyl groups is 1. The lowest BCUT2D eigenvalue weighted by atomic mass is 10.1. The van der Waals surface area contributed by atoms with Crippen LogP contribution in [0.5, 0.6) is 11.5 Å². The Morgan fingerprint density at radius 1 is 1.10 bits per heavy atom. The van der Waals surface area contributed by atoms with Crippen molar-refractivity contribution in [3.8, 4) is 22.8 Å². The highest BCUT2D eigenvalue weighted by atomic mass is 35.5. The Morgan fingerprint density at radius 2 is 1.76 bits per heavy atom. The van der Waals surface area contributed by atoms with E-state index in [4.69, 9.17) is 37.7 Å². The second kappa shape index (κ2) is 9.21. The normalized spacial score (nSPS) is 11.0. The lowest BCUT2D eigenvalue weighted by Gasteiger charge is -2.21. The van der Waals surface area contributed by atoms with Crippen LogP contribution in [-0.4, -0.2) is 60.7 Å². The molecule has 154 valence electrons. The van der Waals surface area contributed by atoms with Crippen molar-refractivity contribution < 1.29 is 14.6 Å². The summed E-state index contributed by atoms with van der Waals surface area (Å²) in [7, 11) is 4.87. The molecule has 2 heterocycles. The molecule has 3 aromatic rings. The zero-order chi connectivity index (χ0) is 21.1. The molecule has 1 N–H and O–H groups in total. The molecule has 0 atom stereocenters. The zero-order valence-electron chi connectivity index (χ0n) is 16.4. The van der Waals surface area contributed by atoms with Gasteiger partial charge in [0.15, 0.2) is 11.0 Å². The summed E-state index contributed by atoms with van der Waals surface area (Å²) in [6.45, 7) is 0.353. The van der Waals surface area contributed by atoms with Crippen LogP contribution < -0.4 is 14.4 Å². The number of hydrogen-bond acceptors (Lipinski definition) is 8. The minimum Gasteiger partial charge on any atom is -0.495 e. The topological polar surface area (TPSA) is 80.6 Å². The standard InChI is InChI=1S/C19H20Cl2N4O3S/c1-25(5-6-26)18-17-10(9-22-19(24-17)29-4)7-11(23-18)14-15(20)12(27-2)8-13(28-3)16(14)21/h7-9,26H,5-6H2,1-4H3. The Kier molecular flexibility index (Phi) is 6.89. The fraction of sp³-hybridized carbons (Fsp3) is 0.316. The van der Waals surface area contributed by atoms with Gasteiger partial charge < -0.3 is 19.5 Å². The molecule has 1 aromatic carbocycles. The number of halogens is 2. The van der Waals surface area contributed by atoms with Gasteiger partial charge in [-0.1, -0.05) is 35.0 Å². The summed E-state index contributed by atoms with van der Waals surface area (Å²) in [6.07, 6.45) is 3.64. The number of aliphatic hydroxyl groups excluding tert-OH is 1. The van der Waals surface area contributed by atoms with Crippen LogP contribution in [0.2, 0.25) is 10.0 Å². The second-order valence-corrected chi connectivity index (χ2v) is 7.58. The summed E-state index contributed by atoms with van der Waals surface area (Å²) in [5.41, 5.74) is 1.68. The molecule has 0 spiro atoms. The Morgan fingerprint density at radius 3 is 2.31 bits per heavy atom. The third kappa shape index (κ3) is 4.16. The Bertz CT molecular complexity index is 1020. The average Bonchev–Trinajstić information content (AvgIpc) is 2.73. The number of benzene rings is 1. The van der Waals surface area contributed by atoms with E-state index in [0.29, 0.717) is 55.8 Å². The van der Waals surface area contributed by atoms with Crippen LogP contribution in [0.3, 0.4) is 0 Å². The zero-order valence-corrected chi connectivity index (χ0v) is 18.7. The first-order valence-corrected chi connectivity index (χ1v) is 10.6. The summed E-state index contributed by atoms with van der Waals surface area (Å²) in [5.74, 6) is 1.42. The van der Waals surface area contributed by atoms with Gasteiger partial charge in [-0.15, -0.1) is 0 Å². The predicted molar refractivity (Wildman–Crippen MR) is 118 cm³/mol. The highest BCUT2D eigenvalue weighted by Crippen LogP contribution is 2.46. The molecule has 29 heavy (non-hydrogen) atoms. The lowest BCUT2D eigenvalue weighted by molar-refractivity contribution is 0.304. The van der Waals surface area contributed by atoms with Gasteiger partial charge in [0.25, 0.3) is 0 Å². The molecule has 0 aliphatic heterocycles. The van der Waals surface area contributed by atoms with E-state index in [1.54, 1.807) is 12.3 Å². The number of hydrogen-bond donors (Lipinski definition) is 1. The molecule has 0 unspecified atom stereocenters. The summed E-state index contributed by atoms with van der Waals surface area (Å²) in [6, 6.07) is 3.45. The molecule has 0 radical (unpaired) electrons. The lowest BCUT2D eigenvalue weighted by Crippen LogP contribution is -2.23. The van der Waals surface area contributed by atoms with Crippen LogP contribution in [0, 0.1) is 0 Å². The van der Waals surface area contributed by atoms with Gasteiger partial charge in [0, 0.05) is 36.8 Å². The largest absolute Gasteiger partial charge is 0.495 e. The maximum absolute atomic E-state index is 9.40. The van der Waals surface area contributed by atoms with E-state index in [0.717, 1.165) is 5.39 Å². The van der Waals surface area contributed by atoms with Crippen LogP contribution in [0.1, 0.15) is 0 Å². The van der Waals surface area contributed by atoms with Crippen LogP contribution in [0.4, 0.5) is 5.82 Å². The summed E-state index contributed by atoms with van der Waals surface area (Å²) in [4.78, 5) is 15.5. The van der Waals surface area contributed by atoms with Crippen LogP contribution in [0.25, 0.3) is 22.2 Å². The van der Waals surface area contributed by atoms with Gasteiger partial charge in [-0.25, -0.2) is 15.0 Å². The number of fused-ring (bicyclic) bond motifs is 1. The molecule has 2 aromatic heterocycles. The van der Waals surface area contributed by atoms with E-state index >= 15 is 0 Å². The molecule has 3 rings (SSSR count). The van der Waals surface area contributed by atoms with Gasteiger partial charge in [0.1, 0.15) is 17.0 Å². The molecule has 0 amide bonds. The van der Waals surface area contributed by atoms with Crippen LogP contribution in [0.15, 0.2) is 23.5 Å². The molecule has 0 fully saturated rings. The number of thioether (sulfide) groups is 1. The second-order valence-electron chi connectivity index (χ2n) is 6.05. The van der Waals surface area contributed by atoms with Gasteiger partial charge in [0.05, 0.1) is 36.6 Å². The van der Waals surface area contributed by atoms with E-state index in [2.05, 4.69) is 9.97 Å². The number of rotatable bonds is 7. The first-order chi connectivity index (χ1) is 13.9. The van der Waals surface area contributed by atoms with Crippen molar-refractivity contribution >= 4 is 51.7 Å². The van der Waals surface area contributed by atoms with Crippen molar-refractivity contribution in [2.24, 2.45) is 0 Å². The van der Waals surface area contributed by atoms with Crippen LogP contribution in [-0.2, 0) is 0 Å². The number of methoxy groups -OCH3 is 2. The molecule has 0 aliphatic carbocycles. The Labute approximate surface area is 183 Å². The van der Waals surface area contributed by atoms with Crippen molar-refractivity contribution in [2.45, 2.75) is 5.16 Å². The number of ether oxygens (including phenoxy) is 2. The summed E-state index contributed by atoms with van der Waals surface area (Å²) in [5, 5.41) is 11.4. The number of likely N-dealkylation sites (N-methyl/N-ethyl adjacent to an activating group) is 1. The third-order valence-corrected chi connectivity index (χ3v) is 5.65. The van der Waals surface area contributed by atoms with E-state index < -0.39 is 0 Å². The number of nitrogens with zero attached hydrogens (tertiary/aromatic N) is 4. The van der Waals surface area contributed by atoms with Crippen molar-refractivity contribution in [3.05, 3.63) is 28.4 Å². The van der Waals surface area contributed by atoms with Gasteiger partial charge in [-0.3, -0.25) is 0 Å². The minimum absolute atomic E-state index is 0.0289.